The van der Waals surface area contributed by atoms with Crippen LogP contribution in [-0.4, -0.2) is 6.54 Å². The molecule has 0 amide bonds. The molecular weight excluding hydrogens is 234 g/mol. The van der Waals surface area contributed by atoms with Crippen molar-refractivity contribution in [3.8, 4) is 0 Å². The number of benzene rings is 1. The summed E-state index contributed by atoms with van der Waals surface area (Å²) in [4.78, 5) is 0. The molecule has 0 fully saturated rings. The maximum Gasteiger partial charge on any atom is 0.0953 e. The summed E-state index contributed by atoms with van der Waals surface area (Å²) in [6, 6.07) is 11.1. The molecule has 0 aliphatic carbocycles. The fourth-order valence-corrected chi connectivity index (χ4v) is 2.44. The zero-order chi connectivity index (χ0) is 13.7. The number of nitrogens with one attached hydrogen (secondary N) is 1. The molecule has 0 aliphatic rings. The van der Waals surface area contributed by atoms with Crippen molar-refractivity contribution in [1.29, 1.82) is 0 Å². The van der Waals surface area contributed by atoms with Crippen molar-refractivity contribution < 1.29 is 4.42 Å². The van der Waals surface area contributed by atoms with Crippen molar-refractivity contribution in [3.05, 3.63) is 59.5 Å². The van der Waals surface area contributed by atoms with E-state index in [9.17, 15) is 0 Å². The van der Waals surface area contributed by atoms with E-state index in [4.69, 9.17) is 4.42 Å². The third kappa shape index (κ3) is 3.71. The molecule has 1 unspecified atom stereocenters. The summed E-state index contributed by atoms with van der Waals surface area (Å²) in [7, 11) is 0. The third-order valence-electron chi connectivity index (χ3n) is 3.21. The number of rotatable bonds is 6. The highest BCUT2D eigenvalue weighted by atomic mass is 16.3. The average Bonchev–Trinajstić information content (AvgIpc) is 2.89. The summed E-state index contributed by atoms with van der Waals surface area (Å²) in [6.45, 7) is 7.57. The quantitative estimate of drug-likeness (QED) is 0.840. The molecule has 2 heteroatoms. The first-order valence-electron chi connectivity index (χ1n) is 7.05. The van der Waals surface area contributed by atoms with Crippen LogP contribution in [0.2, 0.25) is 0 Å². The van der Waals surface area contributed by atoms with E-state index in [1.807, 2.05) is 12.3 Å². The van der Waals surface area contributed by atoms with E-state index < -0.39 is 0 Å². The second-order valence-electron chi connectivity index (χ2n) is 5.39. The Labute approximate surface area is 115 Å². The van der Waals surface area contributed by atoms with Gasteiger partial charge in [-0.05, 0) is 36.1 Å². The van der Waals surface area contributed by atoms with E-state index >= 15 is 0 Å². The molecule has 2 aromatic rings. The first kappa shape index (κ1) is 13.9. The molecule has 0 radical (unpaired) electrons. The molecule has 0 saturated heterocycles. The lowest BCUT2D eigenvalue weighted by molar-refractivity contribution is 0.552. The molecule has 1 heterocycles. The molecule has 2 nitrogen and oxygen atoms in total. The van der Waals surface area contributed by atoms with Crippen LogP contribution in [0, 0.1) is 5.92 Å². The van der Waals surface area contributed by atoms with Crippen LogP contribution in [0.15, 0.2) is 47.3 Å². The predicted molar refractivity (Wildman–Crippen MR) is 79.2 cm³/mol. The smallest absolute Gasteiger partial charge is 0.0953 e. The summed E-state index contributed by atoms with van der Waals surface area (Å²) < 4.78 is 5.22. The van der Waals surface area contributed by atoms with Gasteiger partial charge in [0.05, 0.1) is 18.6 Å². The third-order valence-corrected chi connectivity index (χ3v) is 3.21. The fraction of sp³-hybridized carbons (Fsp3) is 0.412. The second-order valence-corrected chi connectivity index (χ2v) is 5.39. The number of furan rings is 1. The van der Waals surface area contributed by atoms with E-state index in [0.29, 0.717) is 5.92 Å². The Morgan fingerprint density at radius 2 is 2.00 bits per heavy atom. The average molecular weight is 257 g/mol. The van der Waals surface area contributed by atoms with Crippen molar-refractivity contribution in [2.75, 3.05) is 6.54 Å². The first-order valence-corrected chi connectivity index (χ1v) is 7.05. The van der Waals surface area contributed by atoms with Crippen LogP contribution < -0.4 is 5.32 Å². The van der Waals surface area contributed by atoms with Gasteiger partial charge >= 0.3 is 0 Å². The molecule has 19 heavy (non-hydrogen) atoms. The number of hydrogen-bond acceptors (Lipinski definition) is 2. The van der Waals surface area contributed by atoms with Crippen LogP contribution in [0.25, 0.3) is 0 Å². The van der Waals surface area contributed by atoms with Crippen LogP contribution in [-0.2, 0) is 6.42 Å². The zero-order valence-electron chi connectivity index (χ0n) is 12.0. The van der Waals surface area contributed by atoms with Gasteiger partial charge in [0.15, 0.2) is 0 Å². The minimum absolute atomic E-state index is 0.218. The van der Waals surface area contributed by atoms with Crippen LogP contribution in [0.4, 0.5) is 0 Å². The summed E-state index contributed by atoms with van der Waals surface area (Å²) in [5.74, 6) is 0.682. The molecular formula is C17H23NO. The summed E-state index contributed by atoms with van der Waals surface area (Å²) in [5, 5.41) is 3.52. The molecule has 0 spiro atoms. The van der Waals surface area contributed by atoms with Crippen molar-refractivity contribution in [1.82, 2.24) is 5.32 Å². The summed E-state index contributed by atoms with van der Waals surface area (Å²) in [6.07, 6.45) is 4.68. The molecule has 102 valence electrons. The molecule has 0 saturated carbocycles. The Morgan fingerprint density at radius 1 is 1.16 bits per heavy atom. The maximum absolute atomic E-state index is 5.22. The SMILES string of the molecule is CCNC(c1ccoc1)c1cccc(CC(C)C)c1. The standard InChI is InChI=1S/C17H23NO/c1-4-18-17(16-8-9-19-12-16)15-7-5-6-14(11-15)10-13(2)3/h5-9,11-13,17-18H,4,10H2,1-3H3. The van der Waals surface area contributed by atoms with Gasteiger partial charge < -0.3 is 9.73 Å². The van der Waals surface area contributed by atoms with Crippen LogP contribution in [0.3, 0.4) is 0 Å². The normalized spacial score (nSPS) is 12.8. The minimum atomic E-state index is 0.218. The minimum Gasteiger partial charge on any atom is -0.472 e. The van der Waals surface area contributed by atoms with Gasteiger partial charge in [-0.3, -0.25) is 0 Å². The highest BCUT2D eigenvalue weighted by Crippen LogP contribution is 2.24. The fourth-order valence-electron chi connectivity index (χ4n) is 2.44. The predicted octanol–water partition coefficient (Wildman–Crippen LogP) is 4.18. The van der Waals surface area contributed by atoms with Crippen molar-refractivity contribution in [3.63, 3.8) is 0 Å². The molecule has 1 N–H and O–H groups in total. The van der Waals surface area contributed by atoms with Gasteiger partial charge in [0.2, 0.25) is 0 Å². The van der Waals surface area contributed by atoms with Crippen molar-refractivity contribution in [2.45, 2.75) is 33.2 Å². The summed E-state index contributed by atoms with van der Waals surface area (Å²) in [5.41, 5.74) is 3.89. The largest absolute Gasteiger partial charge is 0.472 e. The molecule has 0 aliphatic heterocycles. The van der Waals surface area contributed by atoms with E-state index in [1.165, 1.54) is 16.7 Å². The van der Waals surface area contributed by atoms with Crippen molar-refractivity contribution in [2.24, 2.45) is 5.92 Å². The monoisotopic (exact) mass is 257 g/mol. The lowest BCUT2D eigenvalue weighted by Gasteiger charge is -2.18. The first-order chi connectivity index (χ1) is 9.20. The Hall–Kier alpha value is -1.54. The highest BCUT2D eigenvalue weighted by Gasteiger charge is 2.14. The lowest BCUT2D eigenvalue weighted by Crippen LogP contribution is -2.21. The molecule has 1 aromatic carbocycles. The second kappa shape index (κ2) is 6.58. The van der Waals surface area contributed by atoms with Crippen LogP contribution in [0.5, 0.6) is 0 Å². The van der Waals surface area contributed by atoms with Gasteiger partial charge in [-0.1, -0.05) is 45.0 Å². The highest BCUT2D eigenvalue weighted by molar-refractivity contribution is 5.33. The molecule has 1 aromatic heterocycles. The Balaban J connectivity index is 2.26. The van der Waals surface area contributed by atoms with E-state index in [1.54, 1.807) is 6.26 Å². The van der Waals surface area contributed by atoms with E-state index in [2.05, 4.69) is 50.4 Å². The molecule has 2 rings (SSSR count). The van der Waals surface area contributed by atoms with Crippen molar-refractivity contribution >= 4 is 0 Å². The Morgan fingerprint density at radius 3 is 2.63 bits per heavy atom. The van der Waals surface area contributed by atoms with Gasteiger partial charge in [0, 0.05) is 5.56 Å². The zero-order valence-corrected chi connectivity index (χ0v) is 12.0. The summed E-state index contributed by atoms with van der Waals surface area (Å²) >= 11 is 0. The van der Waals surface area contributed by atoms with Crippen LogP contribution in [0.1, 0.15) is 43.5 Å². The van der Waals surface area contributed by atoms with E-state index in [0.717, 1.165) is 13.0 Å². The topological polar surface area (TPSA) is 25.2 Å². The van der Waals surface area contributed by atoms with Gasteiger partial charge in [0.25, 0.3) is 0 Å². The molecule has 1 atom stereocenters. The van der Waals surface area contributed by atoms with Crippen LogP contribution >= 0.6 is 0 Å². The number of hydrogen-bond donors (Lipinski definition) is 1. The van der Waals surface area contributed by atoms with E-state index in [-0.39, 0.29) is 6.04 Å². The Bertz CT molecular complexity index is 488. The van der Waals surface area contributed by atoms with Gasteiger partial charge in [-0.15, -0.1) is 0 Å². The van der Waals surface area contributed by atoms with Gasteiger partial charge in [-0.25, -0.2) is 0 Å². The maximum atomic E-state index is 5.22. The van der Waals surface area contributed by atoms with Gasteiger partial charge in [0.1, 0.15) is 0 Å². The Kier molecular flexibility index (Phi) is 4.80. The van der Waals surface area contributed by atoms with Gasteiger partial charge in [-0.2, -0.15) is 0 Å². The lowest BCUT2D eigenvalue weighted by atomic mass is 9.96. The molecule has 0 bridgehead atoms.